The molecule has 1 aromatic carbocycles. The molecule has 5 heteroatoms. The molecule has 19 heavy (non-hydrogen) atoms. The van der Waals surface area contributed by atoms with Crippen LogP contribution in [0.15, 0.2) is 30.3 Å². The molecule has 0 heterocycles. The molecule has 1 rings (SSSR count). The highest BCUT2D eigenvalue weighted by molar-refractivity contribution is 5.70. The lowest BCUT2D eigenvalue weighted by molar-refractivity contribution is -0.236. The van der Waals surface area contributed by atoms with Crippen molar-refractivity contribution < 1.29 is 19.0 Å². The number of rotatable bonds is 8. The highest BCUT2D eigenvalue weighted by atomic mass is 16.7. The van der Waals surface area contributed by atoms with E-state index in [-0.39, 0.29) is 12.4 Å². The summed E-state index contributed by atoms with van der Waals surface area (Å²) < 4.78 is 15.5. The lowest BCUT2D eigenvalue weighted by Gasteiger charge is -2.30. The van der Waals surface area contributed by atoms with Crippen LogP contribution in [0.1, 0.15) is 18.9 Å². The van der Waals surface area contributed by atoms with Gasteiger partial charge in [-0.25, -0.2) is 0 Å². The zero-order valence-electron chi connectivity index (χ0n) is 11.6. The molecule has 0 aliphatic carbocycles. The minimum absolute atomic E-state index is 0.0132. The molecule has 0 amide bonds. The lowest BCUT2D eigenvalue weighted by Crippen LogP contribution is -2.50. The molecule has 0 aliphatic rings. The van der Waals surface area contributed by atoms with Crippen LogP contribution in [0.2, 0.25) is 0 Å². The number of ether oxygens (including phenoxy) is 3. The molecular weight excluding hydrogens is 246 g/mol. The van der Waals surface area contributed by atoms with Gasteiger partial charge in [-0.15, -0.1) is 0 Å². The van der Waals surface area contributed by atoms with E-state index in [2.05, 4.69) is 5.32 Å². The molecule has 0 bridgehead atoms. The van der Waals surface area contributed by atoms with E-state index in [1.165, 1.54) is 14.2 Å². The monoisotopic (exact) mass is 267 g/mol. The first-order valence-corrected chi connectivity index (χ1v) is 6.20. The number of nitrogens with one attached hydrogen (secondary N) is 1. The number of carbonyl (C=O) groups is 1. The molecule has 0 radical (unpaired) electrons. The van der Waals surface area contributed by atoms with E-state index in [4.69, 9.17) is 14.2 Å². The van der Waals surface area contributed by atoms with Crippen molar-refractivity contribution in [3.8, 4) is 0 Å². The number of esters is 1. The van der Waals surface area contributed by atoms with Crippen molar-refractivity contribution in [3.05, 3.63) is 35.9 Å². The number of hydrogen-bond acceptors (Lipinski definition) is 5. The molecule has 1 aromatic rings. The predicted molar refractivity (Wildman–Crippen MR) is 71.3 cm³/mol. The fourth-order valence-corrected chi connectivity index (χ4v) is 1.67. The summed E-state index contributed by atoms with van der Waals surface area (Å²) in [5.74, 6) is -1.53. The summed E-state index contributed by atoms with van der Waals surface area (Å²) in [5, 5.41) is 3.09. The Hall–Kier alpha value is -1.43. The van der Waals surface area contributed by atoms with Gasteiger partial charge in [-0.3, -0.25) is 10.1 Å². The molecule has 1 N–H and O–H groups in total. The van der Waals surface area contributed by atoms with Crippen molar-refractivity contribution in [3.63, 3.8) is 0 Å². The summed E-state index contributed by atoms with van der Waals surface area (Å²) >= 11 is 0. The van der Waals surface area contributed by atoms with Gasteiger partial charge in [0.25, 0.3) is 0 Å². The number of benzene rings is 1. The average molecular weight is 267 g/mol. The molecule has 0 spiro atoms. The van der Waals surface area contributed by atoms with Gasteiger partial charge in [-0.1, -0.05) is 30.3 Å². The highest BCUT2D eigenvalue weighted by Crippen LogP contribution is 2.15. The van der Waals surface area contributed by atoms with E-state index < -0.39 is 5.91 Å². The summed E-state index contributed by atoms with van der Waals surface area (Å²) in [6.07, 6.45) is -0.0132. The first-order valence-electron chi connectivity index (χ1n) is 6.20. The van der Waals surface area contributed by atoms with Gasteiger partial charge in [0.2, 0.25) is 5.91 Å². The lowest BCUT2D eigenvalue weighted by atomic mass is 10.2. The fraction of sp³-hybridized carbons (Fsp3) is 0.500. The van der Waals surface area contributed by atoms with Crippen molar-refractivity contribution in [2.75, 3.05) is 20.8 Å². The van der Waals surface area contributed by atoms with Crippen LogP contribution in [0.25, 0.3) is 0 Å². The maximum atomic E-state index is 11.6. The maximum absolute atomic E-state index is 11.6. The highest BCUT2D eigenvalue weighted by Gasteiger charge is 2.33. The van der Waals surface area contributed by atoms with Gasteiger partial charge < -0.3 is 14.2 Å². The Kier molecular flexibility index (Phi) is 6.49. The van der Waals surface area contributed by atoms with Crippen molar-refractivity contribution in [2.45, 2.75) is 25.8 Å². The van der Waals surface area contributed by atoms with Gasteiger partial charge in [0.05, 0.1) is 6.61 Å². The second kappa shape index (κ2) is 7.89. The summed E-state index contributed by atoms with van der Waals surface area (Å²) in [6, 6.07) is 9.80. The summed E-state index contributed by atoms with van der Waals surface area (Å²) in [7, 11) is 2.97. The van der Waals surface area contributed by atoms with Gasteiger partial charge in [0.1, 0.15) is 6.42 Å². The van der Waals surface area contributed by atoms with Crippen LogP contribution in [-0.2, 0) is 25.5 Å². The van der Waals surface area contributed by atoms with Crippen LogP contribution in [0, 0.1) is 0 Å². The number of carbonyl (C=O) groups excluding carboxylic acids is 1. The van der Waals surface area contributed by atoms with Crippen LogP contribution in [0.3, 0.4) is 0 Å². The largest absolute Gasteiger partial charge is 0.466 e. The first kappa shape index (κ1) is 15.6. The van der Waals surface area contributed by atoms with Crippen LogP contribution in [0.5, 0.6) is 0 Å². The van der Waals surface area contributed by atoms with Crippen LogP contribution in [-0.4, -0.2) is 32.7 Å². The van der Waals surface area contributed by atoms with Crippen LogP contribution >= 0.6 is 0 Å². The molecule has 106 valence electrons. The normalized spacial score (nSPS) is 11.3. The molecule has 0 saturated heterocycles. The van der Waals surface area contributed by atoms with Crippen molar-refractivity contribution in [1.82, 2.24) is 5.32 Å². The topological polar surface area (TPSA) is 56.8 Å². The Morgan fingerprint density at radius 3 is 2.37 bits per heavy atom. The second-order valence-corrected chi connectivity index (χ2v) is 3.98. The molecule has 0 aliphatic heterocycles. The average Bonchev–Trinajstić information content (AvgIpc) is 2.45. The van der Waals surface area contributed by atoms with Gasteiger partial charge in [0.15, 0.2) is 0 Å². The molecule has 0 fully saturated rings. The van der Waals surface area contributed by atoms with Gasteiger partial charge >= 0.3 is 5.97 Å². The van der Waals surface area contributed by atoms with E-state index in [0.29, 0.717) is 13.2 Å². The van der Waals surface area contributed by atoms with E-state index >= 15 is 0 Å². The Labute approximate surface area is 113 Å². The smallest absolute Gasteiger partial charge is 0.312 e. The van der Waals surface area contributed by atoms with Gasteiger partial charge in [-0.2, -0.15) is 0 Å². The predicted octanol–water partition coefficient (Wildman–Crippen LogP) is 1.68. The first-order chi connectivity index (χ1) is 9.15. The Balaban J connectivity index is 2.63. The Bertz CT molecular complexity index is 376. The van der Waals surface area contributed by atoms with Gasteiger partial charge in [-0.05, 0) is 12.5 Å². The van der Waals surface area contributed by atoms with E-state index in [9.17, 15) is 4.79 Å². The number of hydrogen-bond donors (Lipinski definition) is 1. The summed E-state index contributed by atoms with van der Waals surface area (Å²) in [5.41, 5.74) is 1.07. The maximum Gasteiger partial charge on any atom is 0.312 e. The Morgan fingerprint density at radius 2 is 1.84 bits per heavy atom. The van der Waals surface area contributed by atoms with E-state index in [1.807, 2.05) is 30.3 Å². The zero-order chi connectivity index (χ0) is 14.1. The molecule has 0 unspecified atom stereocenters. The van der Waals surface area contributed by atoms with Crippen molar-refractivity contribution in [2.24, 2.45) is 0 Å². The third kappa shape index (κ3) is 4.98. The Morgan fingerprint density at radius 1 is 1.21 bits per heavy atom. The molecule has 0 atom stereocenters. The minimum Gasteiger partial charge on any atom is -0.466 e. The van der Waals surface area contributed by atoms with E-state index in [0.717, 1.165) is 5.56 Å². The molecule has 0 aromatic heterocycles. The van der Waals surface area contributed by atoms with Crippen LogP contribution < -0.4 is 5.32 Å². The molecule has 0 saturated carbocycles. The van der Waals surface area contributed by atoms with Crippen LogP contribution in [0.4, 0.5) is 0 Å². The standard InChI is InChI=1S/C14H21NO4/c1-4-19-13(16)10-14(17-2,18-3)15-11-12-8-6-5-7-9-12/h5-9,15H,4,10-11H2,1-3H3. The molecular formula is C14H21NO4. The third-order valence-corrected chi connectivity index (χ3v) is 2.75. The van der Waals surface area contributed by atoms with Crippen molar-refractivity contribution >= 4 is 5.97 Å². The minimum atomic E-state index is -1.16. The van der Waals surface area contributed by atoms with Gasteiger partial charge in [0, 0.05) is 20.8 Å². The SMILES string of the molecule is CCOC(=O)CC(NCc1ccccc1)(OC)OC. The quantitative estimate of drug-likeness (QED) is 0.573. The summed E-state index contributed by atoms with van der Waals surface area (Å²) in [6.45, 7) is 2.62. The third-order valence-electron chi connectivity index (χ3n) is 2.75. The van der Waals surface area contributed by atoms with E-state index in [1.54, 1.807) is 6.92 Å². The fourth-order valence-electron chi connectivity index (χ4n) is 1.67. The second-order valence-electron chi connectivity index (χ2n) is 3.98. The summed E-state index contributed by atoms with van der Waals surface area (Å²) in [4.78, 5) is 11.6. The molecule has 5 nitrogen and oxygen atoms in total. The number of methoxy groups -OCH3 is 2. The van der Waals surface area contributed by atoms with Crippen molar-refractivity contribution in [1.29, 1.82) is 0 Å². The zero-order valence-corrected chi connectivity index (χ0v) is 11.6.